The predicted molar refractivity (Wildman–Crippen MR) is 39.5 cm³/mol. The van der Waals surface area contributed by atoms with Crippen molar-refractivity contribution in [2.45, 2.75) is 13.5 Å². The molecule has 0 saturated heterocycles. The number of H-pyrrole nitrogens is 1. The molecule has 0 aliphatic rings. The maximum Gasteiger partial charge on any atom is 0.343 e. The van der Waals surface area contributed by atoms with E-state index >= 15 is 0 Å². The summed E-state index contributed by atoms with van der Waals surface area (Å²) in [6, 6.07) is 0. The predicted octanol–water partition coefficient (Wildman–Crippen LogP) is -0.866. The highest BCUT2D eigenvalue weighted by molar-refractivity contribution is 5.68. The number of ether oxygens (including phenoxy) is 1. The third-order valence-corrected chi connectivity index (χ3v) is 1.20. The van der Waals surface area contributed by atoms with E-state index in [-0.39, 0.29) is 6.54 Å². The van der Waals surface area contributed by atoms with Gasteiger partial charge in [0.1, 0.15) is 12.9 Å². The molecule has 6 nitrogen and oxygen atoms in total. The van der Waals surface area contributed by atoms with Crippen molar-refractivity contribution >= 4 is 5.97 Å². The van der Waals surface area contributed by atoms with Crippen LogP contribution in [0.15, 0.2) is 11.1 Å². The van der Waals surface area contributed by atoms with E-state index in [0.717, 1.165) is 4.68 Å². The largest absolute Gasteiger partial charge is 0.465 e. The second-order valence-corrected chi connectivity index (χ2v) is 2.06. The first-order valence-corrected chi connectivity index (χ1v) is 3.50. The fraction of sp³-hybridized carbons (Fsp3) is 0.500. The lowest BCUT2D eigenvalue weighted by molar-refractivity contribution is -0.144. The minimum Gasteiger partial charge on any atom is -0.465 e. The minimum absolute atomic E-state index is 0.143. The SMILES string of the molecule is CCOC(=O)Cn1nc[nH]c1=O. The van der Waals surface area contributed by atoms with Gasteiger partial charge in [0.2, 0.25) is 0 Å². The molecule has 1 aromatic heterocycles. The van der Waals surface area contributed by atoms with Crippen molar-refractivity contribution in [2.24, 2.45) is 0 Å². The molecule has 0 spiro atoms. The van der Waals surface area contributed by atoms with Crippen LogP contribution in [0.5, 0.6) is 0 Å². The van der Waals surface area contributed by atoms with Crippen LogP contribution in [0.2, 0.25) is 0 Å². The Morgan fingerprint density at radius 1 is 1.83 bits per heavy atom. The van der Waals surface area contributed by atoms with Gasteiger partial charge in [0, 0.05) is 0 Å². The van der Waals surface area contributed by atoms with Crippen molar-refractivity contribution in [3.05, 3.63) is 16.8 Å². The lowest BCUT2D eigenvalue weighted by atomic mass is 10.6. The molecule has 1 N–H and O–H groups in total. The molecular formula is C6H9N3O3. The van der Waals surface area contributed by atoms with E-state index < -0.39 is 11.7 Å². The minimum atomic E-state index is -0.466. The van der Waals surface area contributed by atoms with Gasteiger partial charge in [-0.25, -0.2) is 9.48 Å². The van der Waals surface area contributed by atoms with Crippen molar-refractivity contribution in [3.8, 4) is 0 Å². The molecule has 1 aromatic rings. The zero-order valence-electron chi connectivity index (χ0n) is 6.61. The number of rotatable bonds is 3. The van der Waals surface area contributed by atoms with Crippen molar-refractivity contribution in [1.29, 1.82) is 0 Å². The zero-order valence-corrected chi connectivity index (χ0v) is 6.61. The Balaban J connectivity index is 2.58. The van der Waals surface area contributed by atoms with E-state index in [1.54, 1.807) is 6.92 Å². The van der Waals surface area contributed by atoms with E-state index in [0.29, 0.717) is 6.61 Å². The molecule has 0 aromatic carbocycles. The Bertz CT molecular complexity index is 314. The van der Waals surface area contributed by atoms with Gasteiger partial charge in [-0.1, -0.05) is 0 Å². The first-order chi connectivity index (χ1) is 5.74. The summed E-state index contributed by atoms with van der Waals surface area (Å²) in [7, 11) is 0. The van der Waals surface area contributed by atoms with E-state index in [4.69, 9.17) is 0 Å². The van der Waals surface area contributed by atoms with Crippen LogP contribution in [0, 0.1) is 0 Å². The van der Waals surface area contributed by atoms with E-state index in [1.165, 1.54) is 6.33 Å². The standard InChI is InChI=1S/C6H9N3O3/c1-2-12-5(10)3-9-6(11)7-4-8-9/h4H,2-3H2,1H3,(H,7,8,11). The summed E-state index contributed by atoms with van der Waals surface area (Å²) in [5.74, 6) is -0.466. The monoisotopic (exact) mass is 171 g/mol. The number of nitrogens with zero attached hydrogens (tertiary/aromatic N) is 2. The number of carbonyl (C=O) groups is 1. The third-order valence-electron chi connectivity index (χ3n) is 1.20. The van der Waals surface area contributed by atoms with Crippen LogP contribution in [0.4, 0.5) is 0 Å². The number of aromatic amines is 1. The smallest absolute Gasteiger partial charge is 0.343 e. The summed E-state index contributed by atoms with van der Waals surface area (Å²) in [5.41, 5.74) is -0.414. The molecule has 66 valence electrons. The highest BCUT2D eigenvalue weighted by Gasteiger charge is 2.05. The molecule has 12 heavy (non-hydrogen) atoms. The van der Waals surface area contributed by atoms with Gasteiger partial charge in [-0.3, -0.25) is 9.78 Å². The molecule has 6 heteroatoms. The maximum absolute atomic E-state index is 10.8. The van der Waals surface area contributed by atoms with Crippen LogP contribution in [-0.2, 0) is 16.1 Å². The van der Waals surface area contributed by atoms with Crippen molar-refractivity contribution in [1.82, 2.24) is 14.8 Å². The van der Waals surface area contributed by atoms with Crippen molar-refractivity contribution < 1.29 is 9.53 Å². The highest BCUT2D eigenvalue weighted by Crippen LogP contribution is 1.80. The van der Waals surface area contributed by atoms with Crippen LogP contribution < -0.4 is 5.69 Å². The second-order valence-electron chi connectivity index (χ2n) is 2.06. The van der Waals surface area contributed by atoms with E-state index in [2.05, 4.69) is 14.8 Å². The number of aromatic nitrogens is 3. The van der Waals surface area contributed by atoms with Crippen LogP contribution >= 0.6 is 0 Å². The van der Waals surface area contributed by atoms with Crippen LogP contribution in [-0.4, -0.2) is 27.3 Å². The zero-order chi connectivity index (χ0) is 8.97. The molecule has 0 unspecified atom stereocenters. The number of nitrogens with one attached hydrogen (secondary N) is 1. The van der Waals surface area contributed by atoms with Gasteiger partial charge in [-0.05, 0) is 6.92 Å². The molecule has 1 heterocycles. The topological polar surface area (TPSA) is 77.0 Å². The maximum atomic E-state index is 10.8. The van der Waals surface area contributed by atoms with Gasteiger partial charge in [-0.2, -0.15) is 5.10 Å². The van der Waals surface area contributed by atoms with Gasteiger partial charge < -0.3 is 4.74 Å². The Labute approximate surface area is 68.2 Å². The van der Waals surface area contributed by atoms with Gasteiger partial charge in [0.05, 0.1) is 6.61 Å². The molecule has 0 amide bonds. The van der Waals surface area contributed by atoms with Gasteiger partial charge in [0.25, 0.3) is 0 Å². The van der Waals surface area contributed by atoms with E-state index in [1.807, 2.05) is 0 Å². The first-order valence-electron chi connectivity index (χ1n) is 3.50. The Morgan fingerprint density at radius 2 is 2.58 bits per heavy atom. The van der Waals surface area contributed by atoms with E-state index in [9.17, 15) is 9.59 Å². The summed E-state index contributed by atoms with van der Waals surface area (Å²) >= 11 is 0. The number of esters is 1. The van der Waals surface area contributed by atoms with Gasteiger partial charge in [0.15, 0.2) is 0 Å². The molecule has 0 saturated carbocycles. The summed E-state index contributed by atoms with van der Waals surface area (Å²) < 4.78 is 5.62. The van der Waals surface area contributed by atoms with Crippen LogP contribution in [0.1, 0.15) is 6.92 Å². The molecule has 0 atom stereocenters. The Kier molecular flexibility index (Phi) is 2.62. The summed E-state index contributed by atoms with van der Waals surface area (Å²) in [5, 5.41) is 3.59. The second kappa shape index (κ2) is 3.70. The normalized spacial score (nSPS) is 9.75. The molecule has 0 radical (unpaired) electrons. The van der Waals surface area contributed by atoms with Crippen molar-refractivity contribution in [3.63, 3.8) is 0 Å². The Morgan fingerprint density at radius 3 is 3.08 bits per heavy atom. The lowest BCUT2D eigenvalue weighted by Crippen LogP contribution is -2.24. The molecule has 1 rings (SSSR count). The average Bonchev–Trinajstić information content (AvgIpc) is 2.37. The molecule has 0 aliphatic carbocycles. The quantitative estimate of drug-likeness (QED) is 0.600. The third kappa shape index (κ3) is 1.94. The average molecular weight is 171 g/mol. The van der Waals surface area contributed by atoms with Gasteiger partial charge >= 0.3 is 11.7 Å². The highest BCUT2D eigenvalue weighted by atomic mass is 16.5. The number of hydrogen-bond donors (Lipinski definition) is 1. The number of carbonyl (C=O) groups excluding carboxylic acids is 1. The van der Waals surface area contributed by atoms with Crippen LogP contribution in [0.25, 0.3) is 0 Å². The molecular weight excluding hydrogens is 162 g/mol. The summed E-state index contributed by atoms with van der Waals surface area (Å²) in [4.78, 5) is 23.9. The summed E-state index contributed by atoms with van der Waals surface area (Å²) in [6.07, 6.45) is 1.22. The van der Waals surface area contributed by atoms with Crippen molar-refractivity contribution in [2.75, 3.05) is 6.61 Å². The fourth-order valence-corrected chi connectivity index (χ4v) is 0.722. The van der Waals surface area contributed by atoms with Crippen LogP contribution in [0.3, 0.4) is 0 Å². The van der Waals surface area contributed by atoms with Gasteiger partial charge in [-0.15, -0.1) is 0 Å². The number of hydrogen-bond acceptors (Lipinski definition) is 4. The molecule has 0 fully saturated rings. The lowest BCUT2D eigenvalue weighted by Gasteiger charge is -1.98. The molecule has 0 aliphatic heterocycles. The fourth-order valence-electron chi connectivity index (χ4n) is 0.722. The first kappa shape index (κ1) is 8.51. The summed E-state index contributed by atoms with van der Waals surface area (Å²) in [6.45, 7) is 1.86. The Hall–Kier alpha value is -1.59. The molecule has 0 bridgehead atoms.